The minimum absolute atomic E-state index is 0.0166. The summed E-state index contributed by atoms with van der Waals surface area (Å²) in [6.07, 6.45) is 3.69. The van der Waals surface area contributed by atoms with Crippen molar-refractivity contribution in [3.05, 3.63) is 12.0 Å². The summed E-state index contributed by atoms with van der Waals surface area (Å²) >= 11 is 0. The Hall–Kier alpha value is -0.920. The van der Waals surface area contributed by atoms with Gasteiger partial charge in [-0.25, -0.2) is 13.4 Å². The minimum Gasteiger partial charge on any atom is -0.332 e. The van der Waals surface area contributed by atoms with Crippen LogP contribution in [0.1, 0.15) is 25.6 Å². The number of rotatable bonds is 2. The molecule has 19 heavy (non-hydrogen) atoms. The minimum atomic E-state index is -3.44. The zero-order chi connectivity index (χ0) is 13.6. The van der Waals surface area contributed by atoms with E-state index in [9.17, 15) is 8.42 Å². The first-order valence-corrected chi connectivity index (χ1v) is 8.20. The number of fused-ring (bicyclic) bond motifs is 1. The van der Waals surface area contributed by atoms with Crippen LogP contribution >= 0.6 is 0 Å². The van der Waals surface area contributed by atoms with E-state index in [2.05, 4.69) is 14.9 Å². The Kier molecular flexibility index (Phi) is 3.15. The molecule has 1 aromatic heterocycles. The van der Waals surface area contributed by atoms with Crippen molar-refractivity contribution in [2.24, 2.45) is 0 Å². The monoisotopic (exact) mass is 284 g/mol. The molecule has 2 saturated heterocycles. The predicted octanol–water partition coefficient (Wildman–Crippen LogP) is 0.575. The van der Waals surface area contributed by atoms with Crippen molar-refractivity contribution in [1.82, 2.24) is 19.2 Å². The summed E-state index contributed by atoms with van der Waals surface area (Å²) in [5.74, 6) is 0.630. The summed E-state index contributed by atoms with van der Waals surface area (Å²) in [6, 6.07) is 0.401. The molecule has 106 valence electrons. The van der Waals surface area contributed by atoms with E-state index in [-0.39, 0.29) is 11.1 Å². The second kappa shape index (κ2) is 4.57. The van der Waals surface area contributed by atoms with Crippen molar-refractivity contribution >= 4 is 10.0 Å². The third kappa shape index (κ3) is 2.19. The molecule has 0 radical (unpaired) electrons. The summed E-state index contributed by atoms with van der Waals surface area (Å²) < 4.78 is 26.9. The number of sulfonamides is 1. The molecule has 0 aliphatic carbocycles. The van der Waals surface area contributed by atoms with E-state index in [1.165, 1.54) is 12.6 Å². The van der Waals surface area contributed by atoms with Gasteiger partial charge < -0.3 is 4.98 Å². The van der Waals surface area contributed by atoms with E-state index in [1.807, 2.05) is 6.92 Å². The Morgan fingerprint density at radius 3 is 2.89 bits per heavy atom. The zero-order valence-electron chi connectivity index (χ0n) is 11.3. The van der Waals surface area contributed by atoms with Crippen molar-refractivity contribution in [2.45, 2.75) is 43.8 Å². The highest BCUT2D eigenvalue weighted by Gasteiger charge is 2.40. The van der Waals surface area contributed by atoms with Gasteiger partial charge in [0.25, 0.3) is 10.0 Å². The smallest absolute Gasteiger partial charge is 0.260 e. The van der Waals surface area contributed by atoms with Crippen LogP contribution in [0, 0.1) is 6.92 Å². The molecule has 2 aliphatic heterocycles. The van der Waals surface area contributed by atoms with Crippen molar-refractivity contribution in [3.8, 4) is 0 Å². The number of aryl methyl sites for hydroxylation is 1. The van der Waals surface area contributed by atoms with Crippen LogP contribution in [-0.2, 0) is 10.0 Å². The highest BCUT2D eigenvalue weighted by Crippen LogP contribution is 2.28. The van der Waals surface area contributed by atoms with Gasteiger partial charge in [0.05, 0.1) is 6.20 Å². The van der Waals surface area contributed by atoms with E-state index in [0.29, 0.717) is 18.4 Å². The Morgan fingerprint density at radius 2 is 2.21 bits per heavy atom. The van der Waals surface area contributed by atoms with E-state index in [4.69, 9.17) is 0 Å². The second-order valence-corrected chi connectivity index (χ2v) is 7.41. The maximum absolute atomic E-state index is 12.6. The van der Waals surface area contributed by atoms with Crippen LogP contribution in [0.5, 0.6) is 0 Å². The molecule has 3 rings (SSSR count). The summed E-state index contributed by atoms with van der Waals surface area (Å²) in [6.45, 7) is 6.28. The number of nitrogens with zero attached hydrogens (tertiary/aromatic N) is 3. The molecule has 0 aromatic carbocycles. The molecule has 2 fully saturated rings. The highest BCUT2D eigenvalue weighted by molar-refractivity contribution is 7.89. The summed E-state index contributed by atoms with van der Waals surface area (Å²) in [4.78, 5) is 9.25. The van der Waals surface area contributed by atoms with Gasteiger partial charge in [-0.2, -0.15) is 4.31 Å². The van der Waals surface area contributed by atoms with Gasteiger partial charge in [0.2, 0.25) is 0 Å². The van der Waals surface area contributed by atoms with Crippen LogP contribution in [0.15, 0.2) is 11.2 Å². The number of piperazine rings is 1. The molecular formula is C12H20N4O2S. The summed E-state index contributed by atoms with van der Waals surface area (Å²) in [7, 11) is -3.44. The van der Waals surface area contributed by atoms with Gasteiger partial charge in [0.15, 0.2) is 5.03 Å². The van der Waals surface area contributed by atoms with Crippen molar-refractivity contribution in [2.75, 3.05) is 19.6 Å². The number of nitrogens with one attached hydrogen (secondary N) is 1. The van der Waals surface area contributed by atoms with Gasteiger partial charge in [0, 0.05) is 25.2 Å². The first kappa shape index (κ1) is 13.1. The fourth-order valence-electron chi connectivity index (χ4n) is 3.15. The molecule has 2 unspecified atom stereocenters. The van der Waals surface area contributed by atoms with Crippen LogP contribution in [0.4, 0.5) is 0 Å². The van der Waals surface area contributed by atoms with Crippen molar-refractivity contribution < 1.29 is 8.42 Å². The number of hydrogen-bond acceptors (Lipinski definition) is 4. The van der Waals surface area contributed by atoms with Crippen LogP contribution in [0.3, 0.4) is 0 Å². The zero-order valence-corrected chi connectivity index (χ0v) is 12.2. The average Bonchev–Trinajstić information content (AvgIpc) is 2.96. The van der Waals surface area contributed by atoms with Crippen LogP contribution in [0.25, 0.3) is 0 Å². The topological polar surface area (TPSA) is 69.3 Å². The quantitative estimate of drug-likeness (QED) is 0.862. The van der Waals surface area contributed by atoms with Crippen LogP contribution in [0.2, 0.25) is 0 Å². The third-order valence-electron chi connectivity index (χ3n) is 4.15. The van der Waals surface area contributed by atoms with Gasteiger partial charge in [0.1, 0.15) is 5.82 Å². The third-order valence-corrected chi connectivity index (χ3v) is 6.04. The van der Waals surface area contributed by atoms with Crippen molar-refractivity contribution in [3.63, 3.8) is 0 Å². The largest absolute Gasteiger partial charge is 0.332 e. The Bertz CT molecular complexity index is 568. The van der Waals surface area contributed by atoms with E-state index < -0.39 is 10.0 Å². The molecule has 0 spiro atoms. The maximum Gasteiger partial charge on any atom is 0.260 e. The number of aromatic nitrogens is 2. The number of aromatic amines is 1. The predicted molar refractivity (Wildman–Crippen MR) is 71.3 cm³/mol. The molecular weight excluding hydrogens is 264 g/mol. The molecule has 0 amide bonds. The van der Waals surface area contributed by atoms with Crippen LogP contribution in [-0.4, -0.2) is 59.3 Å². The van der Waals surface area contributed by atoms with E-state index in [0.717, 1.165) is 19.5 Å². The lowest BCUT2D eigenvalue weighted by Crippen LogP contribution is -2.56. The molecule has 2 aliphatic rings. The molecule has 7 heteroatoms. The van der Waals surface area contributed by atoms with Gasteiger partial charge in [-0.05, 0) is 33.2 Å². The Morgan fingerprint density at radius 1 is 1.42 bits per heavy atom. The van der Waals surface area contributed by atoms with Crippen LogP contribution < -0.4 is 0 Å². The van der Waals surface area contributed by atoms with Gasteiger partial charge in [-0.15, -0.1) is 0 Å². The van der Waals surface area contributed by atoms with Gasteiger partial charge in [-0.3, -0.25) is 4.90 Å². The summed E-state index contributed by atoms with van der Waals surface area (Å²) in [5.41, 5.74) is 0. The lowest BCUT2D eigenvalue weighted by Gasteiger charge is -2.40. The molecule has 2 atom stereocenters. The number of imidazole rings is 1. The number of H-pyrrole nitrogens is 1. The molecule has 6 nitrogen and oxygen atoms in total. The number of hydrogen-bond donors (Lipinski definition) is 1. The molecule has 3 heterocycles. The van der Waals surface area contributed by atoms with Gasteiger partial charge in [-0.1, -0.05) is 0 Å². The highest BCUT2D eigenvalue weighted by atomic mass is 32.2. The normalized spacial score (nSPS) is 29.6. The molecule has 1 N–H and O–H groups in total. The van der Waals surface area contributed by atoms with E-state index in [1.54, 1.807) is 11.2 Å². The lowest BCUT2D eigenvalue weighted by atomic mass is 10.1. The fourth-order valence-corrected chi connectivity index (χ4v) is 4.78. The summed E-state index contributed by atoms with van der Waals surface area (Å²) in [5, 5.41) is 0.211. The molecule has 0 bridgehead atoms. The fraction of sp³-hybridized carbons (Fsp3) is 0.750. The standard InChI is InChI=1S/C12H20N4O2S/c1-9-7-15-5-3-4-11(15)8-16(9)19(17,18)12-6-13-10(2)14-12/h6,9,11H,3-5,7-8H2,1-2H3,(H,13,14). The maximum atomic E-state index is 12.6. The average molecular weight is 284 g/mol. The molecule has 0 saturated carbocycles. The Labute approximate surface area is 113 Å². The first-order valence-electron chi connectivity index (χ1n) is 6.76. The first-order chi connectivity index (χ1) is 8.98. The molecule has 1 aromatic rings. The second-order valence-electron chi connectivity index (χ2n) is 5.55. The van der Waals surface area contributed by atoms with Crippen molar-refractivity contribution in [1.29, 1.82) is 0 Å². The SMILES string of the molecule is Cc1ncc(S(=O)(=O)N2CC3CCCN3CC2C)[nH]1. The Balaban J connectivity index is 1.88. The lowest BCUT2D eigenvalue weighted by molar-refractivity contribution is 0.117. The van der Waals surface area contributed by atoms with Gasteiger partial charge >= 0.3 is 0 Å². The van der Waals surface area contributed by atoms with E-state index >= 15 is 0 Å².